The van der Waals surface area contributed by atoms with Crippen LogP contribution in [0.15, 0.2) is 12.2 Å². The average molecular weight is 359 g/mol. The average Bonchev–Trinajstić information content (AvgIpc) is 2.54. The first-order valence-corrected chi connectivity index (χ1v) is 11.2. The Morgan fingerprint density at radius 3 is 2.33 bits per heavy atom. The summed E-state index contributed by atoms with van der Waals surface area (Å²) >= 11 is 0. The van der Waals surface area contributed by atoms with Crippen molar-refractivity contribution in [1.82, 2.24) is 0 Å². The first kappa shape index (κ1) is 21.3. The molecule has 1 unspecified atom stereocenters. The van der Waals surface area contributed by atoms with Crippen LogP contribution in [0.5, 0.6) is 0 Å². The molecule has 140 valence electrons. The van der Waals surface area contributed by atoms with Gasteiger partial charge in [0.25, 0.3) is 0 Å². The Bertz CT molecular complexity index is 397. The molecule has 1 atom stereocenters. The van der Waals surface area contributed by atoms with Gasteiger partial charge in [0, 0.05) is 25.4 Å². The molecule has 1 aliphatic heterocycles. The molecule has 1 heterocycles. The second kappa shape index (κ2) is 10.3. The molecule has 5 nitrogen and oxygen atoms in total. The van der Waals surface area contributed by atoms with Crippen molar-refractivity contribution < 1.29 is 23.1 Å². The molecular weight excluding hydrogens is 324 g/mol. The molecule has 0 aromatic carbocycles. The summed E-state index contributed by atoms with van der Waals surface area (Å²) in [6.45, 7) is 13.6. The molecule has 1 saturated heterocycles. The van der Waals surface area contributed by atoms with Crippen molar-refractivity contribution in [2.24, 2.45) is 0 Å². The van der Waals surface area contributed by atoms with Crippen LogP contribution < -0.4 is 0 Å². The fourth-order valence-corrected chi connectivity index (χ4v) is 8.08. The lowest BCUT2D eigenvalue weighted by molar-refractivity contribution is -0.139. The maximum Gasteiger partial charge on any atom is 0.371 e. The highest BCUT2D eigenvalue weighted by atomic mass is 28.4. The molecule has 6 heteroatoms. The van der Waals surface area contributed by atoms with Crippen molar-refractivity contribution in [3.63, 3.8) is 0 Å². The van der Waals surface area contributed by atoms with Crippen LogP contribution in [-0.2, 0) is 23.1 Å². The number of hydrogen-bond donors (Lipinski definition) is 0. The van der Waals surface area contributed by atoms with Crippen LogP contribution in [0.4, 0.5) is 0 Å². The number of esters is 1. The Kier molecular flexibility index (Phi) is 9.19. The lowest BCUT2D eigenvalue weighted by Gasteiger charge is -2.49. The topological polar surface area (TPSA) is 54.0 Å². The predicted molar refractivity (Wildman–Crippen MR) is 97.0 cm³/mol. The third-order valence-corrected chi connectivity index (χ3v) is 9.07. The van der Waals surface area contributed by atoms with E-state index in [1.165, 1.54) is 0 Å². The fraction of sp³-hybridized carbons (Fsp3) is 0.833. The van der Waals surface area contributed by atoms with E-state index >= 15 is 0 Å². The van der Waals surface area contributed by atoms with Gasteiger partial charge in [-0.05, 0) is 53.0 Å². The van der Waals surface area contributed by atoms with Gasteiger partial charge in [-0.15, -0.1) is 0 Å². The quantitative estimate of drug-likeness (QED) is 0.243. The summed E-state index contributed by atoms with van der Waals surface area (Å²) in [7, 11) is -2.46. The number of hydrogen-bond acceptors (Lipinski definition) is 5. The molecule has 0 radical (unpaired) electrons. The summed E-state index contributed by atoms with van der Waals surface area (Å²) in [5, 5.41) is -0.346. The van der Waals surface area contributed by atoms with Crippen LogP contribution in [0, 0.1) is 0 Å². The van der Waals surface area contributed by atoms with Crippen LogP contribution in [-0.4, -0.2) is 46.2 Å². The Balaban J connectivity index is 2.84. The highest BCUT2D eigenvalue weighted by Crippen LogP contribution is 2.43. The normalized spacial score (nSPS) is 23.0. The van der Waals surface area contributed by atoms with Gasteiger partial charge in [-0.25, -0.2) is 4.79 Å². The summed E-state index contributed by atoms with van der Waals surface area (Å²) in [6, 6.07) is 0.972. The fourth-order valence-electron chi connectivity index (χ4n) is 3.59. The Morgan fingerprint density at radius 2 is 1.79 bits per heavy atom. The smallest absolute Gasteiger partial charge is 0.371 e. The highest BCUT2D eigenvalue weighted by molar-refractivity contribution is 6.70. The Morgan fingerprint density at radius 1 is 1.12 bits per heavy atom. The second-order valence-electron chi connectivity index (χ2n) is 6.27. The van der Waals surface area contributed by atoms with Crippen molar-refractivity contribution in [1.29, 1.82) is 0 Å². The van der Waals surface area contributed by atoms with Crippen LogP contribution in [0.25, 0.3) is 0 Å². The van der Waals surface area contributed by atoms with Gasteiger partial charge in [0.15, 0.2) is 0 Å². The summed E-state index contributed by atoms with van der Waals surface area (Å²) < 4.78 is 24.1. The van der Waals surface area contributed by atoms with Crippen LogP contribution in [0.2, 0.25) is 6.04 Å². The maximum absolute atomic E-state index is 11.5. The van der Waals surface area contributed by atoms with Gasteiger partial charge in [0.2, 0.25) is 0 Å². The van der Waals surface area contributed by atoms with Crippen molar-refractivity contribution in [2.45, 2.75) is 71.1 Å². The Labute approximate surface area is 147 Å². The largest absolute Gasteiger partial charge is 0.462 e. The molecule has 0 bridgehead atoms. The van der Waals surface area contributed by atoms with E-state index in [0.29, 0.717) is 32.0 Å². The molecule has 0 saturated carbocycles. The zero-order valence-corrected chi connectivity index (χ0v) is 16.8. The molecule has 1 fully saturated rings. The van der Waals surface area contributed by atoms with Gasteiger partial charge in [0.05, 0.1) is 6.61 Å². The summed E-state index contributed by atoms with van der Waals surface area (Å²) in [5.41, 5.74) is 0.430. The van der Waals surface area contributed by atoms with Gasteiger partial charge in [-0.3, -0.25) is 0 Å². The zero-order valence-electron chi connectivity index (χ0n) is 15.8. The van der Waals surface area contributed by atoms with E-state index in [0.717, 1.165) is 38.1 Å². The van der Waals surface area contributed by atoms with E-state index in [1.807, 2.05) is 20.8 Å². The maximum atomic E-state index is 11.5. The van der Waals surface area contributed by atoms with Crippen molar-refractivity contribution in [3.8, 4) is 0 Å². The molecule has 0 N–H and O–H groups in total. The molecule has 0 aromatic rings. The number of rotatable bonds is 11. The SMILES string of the molecule is C=C(C)C(=O)OCCCC1(OCC)CCCC[Si]1(OCC)OCC. The number of carbonyl (C=O) groups is 1. The van der Waals surface area contributed by atoms with E-state index in [-0.39, 0.29) is 11.2 Å². The predicted octanol–water partition coefficient (Wildman–Crippen LogP) is 3.90. The number of ether oxygens (including phenoxy) is 2. The lowest BCUT2D eigenvalue weighted by Crippen LogP contribution is -2.66. The molecule has 0 spiro atoms. The minimum atomic E-state index is -2.46. The van der Waals surface area contributed by atoms with Gasteiger partial charge < -0.3 is 18.3 Å². The highest BCUT2D eigenvalue weighted by Gasteiger charge is 2.59. The van der Waals surface area contributed by atoms with Gasteiger partial charge >= 0.3 is 14.5 Å². The van der Waals surface area contributed by atoms with Crippen molar-refractivity contribution >= 4 is 14.5 Å². The number of carbonyl (C=O) groups excluding carboxylic acids is 1. The van der Waals surface area contributed by atoms with Gasteiger partial charge in [-0.1, -0.05) is 19.4 Å². The van der Waals surface area contributed by atoms with Crippen LogP contribution >= 0.6 is 0 Å². The summed E-state index contributed by atoms with van der Waals surface area (Å²) in [4.78, 5) is 11.5. The molecule has 1 aliphatic rings. The molecule has 0 aromatic heterocycles. The van der Waals surface area contributed by atoms with Crippen LogP contribution in [0.3, 0.4) is 0 Å². The summed E-state index contributed by atoms with van der Waals surface area (Å²) in [5.74, 6) is -0.331. The molecular formula is C18H34O5Si. The van der Waals surface area contributed by atoms with Crippen molar-refractivity contribution in [3.05, 3.63) is 12.2 Å². The minimum Gasteiger partial charge on any atom is -0.462 e. The van der Waals surface area contributed by atoms with E-state index in [1.54, 1.807) is 6.92 Å². The van der Waals surface area contributed by atoms with E-state index in [2.05, 4.69) is 6.58 Å². The summed E-state index contributed by atoms with van der Waals surface area (Å²) in [6.07, 6.45) is 4.76. The van der Waals surface area contributed by atoms with E-state index in [4.69, 9.17) is 18.3 Å². The Hall–Kier alpha value is -0.693. The lowest BCUT2D eigenvalue weighted by atomic mass is 10.1. The first-order valence-electron chi connectivity index (χ1n) is 9.21. The van der Waals surface area contributed by atoms with E-state index < -0.39 is 8.56 Å². The third-order valence-electron chi connectivity index (χ3n) is 4.51. The monoisotopic (exact) mass is 358 g/mol. The molecule has 0 amide bonds. The third kappa shape index (κ3) is 5.15. The molecule has 0 aliphatic carbocycles. The van der Waals surface area contributed by atoms with Crippen molar-refractivity contribution in [2.75, 3.05) is 26.4 Å². The minimum absolute atomic E-state index is 0.331. The van der Waals surface area contributed by atoms with Gasteiger partial charge in [0.1, 0.15) is 5.22 Å². The van der Waals surface area contributed by atoms with Crippen LogP contribution in [0.1, 0.15) is 59.8 Å². The standard InChI is InChI=1S/C18H34O5Si/c1-6-21-18(13-11-14-20-17(19)16(4)5)12-9-10-15-24(18,22-7-2)23-8-3/h4,6-15H2,1-3,5H3. The molecule has 1 rings (SSSR count). The first-order chi connectivity index (χ1) is 11.5. The van der Waals surface area contributed by atoms with Gasteiger partial charge in [-0.2, -0.15) is 0 Å². The van der Waals surface area contributed by atoms with E-state index in [9.17, 15) is 4.79 Å². The molecule has 24 heavy (non-hydrogen) atoms. The zero-order chi connectivity index (χ0) is 18.1. The second-order valence-corrected chi connectivity index (χ2v) is 9.77.